The van der Waals surface area contributed by atoms with Crippen molar-refractivity contribution in [2.24, 2.45) is 4.99 Å². The van der Waals surface area contributed by atoms with Crippen molar-refractivity contribution in [2.45, 2.75) is 18.4 Å². The number of fused-ring (bicyclic) bond motifs is 1. The maximum absolute atomic E-state index is 12.8. The summed E-state index contributed by atoms with van der Waals surface area (Å²) in [5.74, 6) is 0.0228. The van der Waals surface area contributed by atoms with E-state index < -0.39 is 20.9 Å². The third-order valence-corrected chi connectivity index (χ3v) is 7.58. The summed E-state index contributed by atoms with van der Waals surface area (Å²) in [6.07, 6.45) is 0. The van der Waals surface area contributed by atoms with Gasteiger partial charge < -0.3 is 9.30 Å². The minimum absolute atomic E-state index is 0.0347. The molecule has 0 aliphatic rings. The summed E-state index contributed by atoms with van der Waals surface area (Å²) in [4.78, 5) is 28.1. The predicted molar refractivity (Wildman–Crippen MR) is 132 cm³/mol. The van der Waals surface area contributed by atoms with E-state index in [2.05, 4.69) is 9.71 Å². The number of carbonyl (C=O) groups excluding carboxylic acids is 1. The summed E-state index contributed by atoms with van der Waals surface area (Å²) in [5, 5.41) is 11.1. The monoisotopic (exact) mass is 512 g/mol. The number of benzene rings is 3. The normalized spacial score (nSPS) is 12.0. The highest BCUT2D eigenvalue weighted by molar-refractivity contribution is 7.92. The van der Waals surface area contributed by atoms with E-state index in [-0.39, 0.29) is 21.8 Å². The first-order valence-corrected chi connectivity index (χ1v) is 12.7. The standard InChI is InChI=1S/C23H20N4O6S2/c1-3-26-20-13-8-17(27(29)30)14-21(20)34-23(26)24-22(28)15-4-6-16(7-5-15)25-35(31,32)19-11-9-18(33-2)10-12-19/h4-14,25H,3H2,1-2H3. The molecule has 1 aromatic heterocycles. The smallest absolute Gasteiger partial charge is 0.279 e. The van der Waals surface area contributed by atoms with Crippen LogP contribution in [0.4, 0.5) is 11.4 Å². The molecule has 0 aliphatic carbocycles. The number of thiazole rings is 1. The first-order valence-electron chi connectivity index (χ1n) is 10.4. The van der Waals surface area contributed by atoms with Gasteiger partial charge >= 0.3 is 0 Å². The molecule has 0 unspecified atom stereocenters. The topological polar surface area (TPSA) is 133 Å². The van der Waals surface area contributed by atoms with E-state index in [1.165, 1.54) is 67.0 Å². The number of aryl methyl sites for hydroxylation is 1. The first kappa shape index (κ1) is 24.1. The second kappa shape index (κ2) is 9.68. The predicted octanol–water partition coefficient (Wildman–Crippen LogP) is 4.18. The van der Waals surface area contributed by atoms with Gasteiger partial charge in [-0.05, 0) is 61.5 Å². The zero-order chi connectivity index (χ0) is 25.2. The lowest BCUT2D eigenvalue weighted by Crippen LogP contribution is -2.16. The van der Waals surface area contributed by atoms with Gasteiger partial charge in [-0.15, -0.1) is 0 Å². The lowest BCUT2D eigenvalue weighted by atomic mass is 10.2. The molecule has 1 N–H and O–H groups in total. The summed E-state index contributed by atoms with van der Waals surface area (Å²) in [6.45, 7) is 2.41. The molecule has 4 aromatic rings. The second-order valence-electron chi connectivity index (χ2n) is 7.31. The van der Waals surface area contributed by atoms with Crippen molar-refractivity contribution in [1.82, 2.24) is 4.57 Å². The molecule has 35 heavy (non-hydrogen) atoms. The van der Waals surface area contributed by atoms with Crippen LogP contribution >= 0.6 is 11.3 Å². The van der Waals surface area contributed by atoms with E-state index in [0.29, 0.717) is 21.8 Å². The number of nitrogens with one attached hydrogen (secondary N) is 1. The van der Waals surface area contributed by atoms with E-state index in [4.69, 9.17) is 4.74 Å². The van der Waals surface area contributed by atoms with Gasteiger partial charge in [-0.25, -0.2) is 8.42 Å². The Labute approximate surface area is 204 Å². The van der Waals surface area contributed by atoms with Gasteiger partial charge in [-0.3, -0.25) is 19.6 Å². The number of nitro groups is 1. The van der Waals surface area contributed by atoms with Crippen LogP contribution in [0, 0.1) is 10.1 Å². The molecule has 0 radical (unpaired) electrons. The molecular weight excluding hydrogens is 492 g/mol. The first-order chi connectivity index (χ1) is 16.7. The minimum Gasteiger partial charge on any atom is -0.497 e. The van der Waals surface area contributed by atoms with E-state index >= 15 is 0 Å². The van der Waals surface area contributed by atoms with Crippen molar-refractivity contribution in [3.05, 3.63) is 87.2 Å². The average molecular weight is 513 g/mol. The van der Waals surface area contributed by atoms with Crippen LogP contribution in [-0.4, -0.2) is 30.9 Å². The molecule has 4 rings (SSSR count). The van der Waals surface area contributed by atoms with Gasteiger partial charge in [0.25, 0.3) is 21.6 Å². The van der Waals surface area contributed by atoms with Crippen LogP contribution in [0.1, 0.15) is 17.3 Å². The Hall–Kier alpha value is -4.03. The molecule has 1 amide bonds. The van der Waals surface area contributed by atoms with Crippen LogP contribution in [0.5, 0.6) is 5.75 Å². The van der Waals surface area contributed by atoms with Crippen molar-refractivity contribution in [3.8, 4) is 5.75 Å². The molecule has 0 spiro atoms. The number of carbonyl (C=O) groups is 1. The van der Waals surface area contributed by atoms with Gasteiger partial charge in [0, 0.05) is 29.9 Å². The van der Waals surface area contributed by atoms with Crippen LogP contribution in [-0.2, 0) is 16.6 Å². The highest BCUT2D eigenvalue weighted by Crippen LogP contribution is 2.24. The lowest BCUT2D eigenvalue weighted by Gasteiger charge is -2.09. The molecule has 12 heteroatoms. The van der Waals surface area contributed by atoms with E-state index in [9.17, 15) is 23.3 Å². The average Bonchev–Trinajstić information content (AvgIpc) is 3.20. The number of ether oxygens (including phenoxy) is 1. The number of non-ortho nitro benzene ring substituents is 1. The fraction of sp³-hybridized carbons (Fsp3) is 0.130. The van der Waals surface area contributed by atoms with Crippen LogP contribution in [0.15, 0.2) is 76.6 Å². The van der Waals surface area contributed by atoms with Crippen molar-refractivity contribution in [2.75, 3.05) is 11.8 Å². The molecule has 0 saturated carbocycles. The number of amides is 1. The number of hydrogen-bond acceptors (Lipinski definition) is 7. The van der Waals surface area contributed by atoms with Gasteiger partial charge in [0.1, 0.15) is 5.75 Å². The van der Waals surface area contributed by atoms with Gasteiger partial charge in [0.2, 0.25) is 0 Å². The minimum atomic E-state index is -3.82. The third-order valence-electron chi connectivity index (χ3n) is 5.14. The summed E-state index contributed by atoms with van der Waals surface area (Å²) >= 11 is 1.18. The van der Waals surface area contributed by atoms with Crippen LogP contribution < -0.4 is 14.3 Å². The Balaban J connectivity index is 1.58. The fourth-order valence-electron chi connectivity index (χ4n) is 3.37. The molecule has 0 bridgehead atoms. The van der Waals surface area contributed by atoms with Crippen LogP contribution in [0.3, 0.4) is 0 Å². The summed E-state index contributed by atoms with van der Waals surface area (Å²) in [7, 11) is -2.33. The maximum atomic E-state index is 12.8. The zero-order valence-electron chi connectivity index (χ0n) is 18.7. The van der Waals surface area contributed by atoms with Crippen molar-refractivity contribution < 1.29 is 22.9 Å². The van der Waals surface area contributed by atoms with Gasteiger partial charge in [-0.2, -0.15) is 4.99 Å². The molecule has 3 aromatic carbocycles. The highest BCUT2D eigenvalue weighted by atomic mass is 32.2. The fourth-order valence-corrected chi connectivity index (χ4v) is 5.55. The molecular formula is C23H20N4O6S2. The number of aromatic nitrogens is 1. The van der Waals surface area contributed by atoms with Crippen molar-refractivity contribution in [3.63, 3.8) is 0 Å². The van der Waals surface area contributed by atoms with E-state index in [1.807, 2.05) is 6.92 Å². The summed E-state index contributed by atoms with van der Waals surface area (Å²) in [6, 6.07) is 16.4. The van der Waals surface area contributed by atoms with Crippen LogP contribution in [0.2, 0.25) is 0 Å². The molecule has 0 atom stereocenters. The van der Waals surface area contributed by atoms with Gasteiger partial charge in [0.15, 0.2) is 4.80 Å². The number of rotatable bonds is 7. The van der Waals surface area contributed by atoms with Gasteiger partial charge in [-0.1, -0.05) is 11.3 Å². The second-order valence-corrected chi connectivity index (χ2v) is 10.0. The molecule has 180 valence electrons. The summed E-state index contributed by atoms with van der Waals surface area (Å²) in [5.41, 5.74) is 1.27. The largest absolute Gasteiger partial charge is 0.497 e. The number of hydrogen-bond donors (Lipinski definition) is 1. The van der Waals surface area contributed by atoms with Crippen LogP contribution in [0.25, 0.3) is 10.2 Å². The maximum Gasteiger partial charge on any atom is 0.279 e. The highest BCUT2D eigenvalue weighted by Gasteiger charge is 2.15. The Kier molecular flexibility index (Phi) is 6.67. The number of nitro benzene ring substituents is 1. The number of methoxy groups -OCH3 is 1. The van der Waals surface area contributed by atoms with Crippen molar-refractivity contribution in [1.29, 1.82) is 0 Å². The lowest BCUT2D eigenvalue weighted by molar-refractivity contribution is -0.384. The Morgan fingerprint density at radius 2 is 1.80 bits per heavy atom. The molecule has 1 heterocycles. The SMILES string of the molecule is CCn1c(=NC(=O)c2ccc(NS(=O)(=O)c3ccc(OC)cc3)cc2)sc2cc([N+](=O)[O-])ccc21. The van der Waals surface area contributed by atoms with E-state index in [0.717, 1.165) is 5.52 Å². The molecule has 10 nitrogen and oxygen atoms in total. The van der Waals surface area contributed by atoms with Gasteiger partial charge in [0.05, 0.1) is 27.1 Å². The third kappa shape index (κ3) is 5.08. The number of sulfonamides is 1. The van der Waals surface area contributed by atoms with E-state index in [1.54, 1.807) is 22.8 Å². The molecule has 0 saturated heterocycles. The number of nitrogens with zero attached hydrogens (tertiary/aromatic N) is 3. The number of anilines is 1. The quantitative estimate of drug-likeness (QED) is 0.292. The molecule has 0 aliphatic heterocycles. The van der Waals surface area contributed by atoms with Crippen molar-refractivity contribution >= 4 is 48.9 Å². The Morgan fingerprint density at radius 1 is 1.11 bits per heavy atom. The zero-order valence-corrected chi connectivity index (χ0v) is 20.3. The Morgan fingerprint density at radius 3 is 2.40 bits per heavy atom. The molecule has 0 fully saturated rings. The summed E-state index contributed by atoms with van der Waals surface area (Å²) < 4.78 is 35.2. The Bertz CT molecular complexity index is 1590.